The van der Waals surface area contributed by atoms with Gasteiger partial charge in [-0.15, -0.1) is 0 Å². The second kappa shape index (κ2) is 5.96. The minimum atomic E-state index is -2.09. The van der Waals surface area contributed by atoms with Gasteiger partial charge >= 0.3 is 0 Å². The van der Waals surface area contributed by atoms with Gasteiger partial charge in [0, 0.05) is 5.38 Å². The lowest BCUT2D eigenvalue weighted by molar-refractivity contribution is -0.0847. The lowest BCUT2D eigenvalue weighted by Crippen LogP contribution is -2.47. The van der Waals surface area contributed by atoms with E-state index in [1.165, 1.54) is 17.8 Å². The molecule has 0 spiro atoms. The van der Waals surface area contributed by atoms with Crippen molar-refractivity contribution in [3.8, 4) is 11.3 Å². The summed E-state index contributed by atoms with van der Waals surface area (Å²) in [5.41, 5.74) is 4.14. The van der Waals surface area contributed by atoms with Gasteiger partial charge in [-0.2, -0.15) is 4.98 Å². The van der Waals surface area contributed by atoms with E-state index in [4.69, 9.17) is 34.3 Å². The van der Waals surface area contributed by atoms with Gasteiger partial charge in [0.1, 0.15) is 22.4 Å². The number of nitrogens with two attached hydrogens (primary N) is 1. The van der Waals surface area contributed by atoms with Crippen LogP contribution in [0.1, 0.15) is 13.2 Å². The molecule has 24 heavy (non-hydrogen) atoms. The molecule has 3 heterocycles. The van der Waals surface area contributed by atoms with Crippen molar-refractivity contribution in [1.82, 2.24) is 19.5 Å². The number of hydrogen-bond acceptors (Lipinski definition) is 8. The maximum Gasteiger partial charge on any atom is 0.200 e. The number of aromatic amines is 1. The zero-order valence-electron chi connectivity index (χ0n) is 12.3. The molecule has 9 nitrogen and oxygen atoms in total. The minimum Gasteiger partial charge on any atom is -0.391 e. The number of aliphatic hydroxyl groups is 3. The zero-order valence-corrected chi connectivity index (χ0v) is 13.9. The van der Waals surface area contributed by atoms with Crippen molar-refractivity contribution in [1.29, 1.82) is 0 Å². The molecule has 0 bridgehead atoms. The number of nitrogens with zero attached hydrogens (tertiary/aromatic N) is 3. The zero-order chi connectivity index (χ0) is 17.6. The smallest absolute Gasteiger partial charge is 0.200 e. The Bertz CT molecular complexity index is 903. The molecule has 2 aromatic heterocycles. The fourth-order valence-electron chi connectivity index (χ4n) is 2.70. The van der Waals surface area contributed by atoms with Gasteiger partial charge in [0.2, 0.25) is 11.5 Å². The fourth-order valence-corrected chi connectivity index (χ4v) is 3.10. The van der Waals surface area contributed by atoms with E-state index in [9.17, 15) is 15.3 Å². The molecule has 5 atom stereocenters. The van der Waals surface area contributed by atoms with Crippen LogP contribution in [0.4, 0.5) is 5.95 Å². The SMILES string of the molecule is C[C@@H](O)[C@H]1O[C@@H](n2cnc3c(=S)[nH]c(N)nc32)C(O)(C#CCl)[C@H]1O. The summed E-state index contributed by atoms with van der Waals surface area (Å²) in [5.74, 6) is 2.38. The molecule has 0 amide bonds. The quantitative estimate of drug-likeness (QED) is 0.356. The van der Waals surface area contributed by atoms with E-state index >= 15 is 0 Å². The Morgan fingerprint density at radius 3 is 2.96 bits per heavy atom. The van der Waals surface area contributed by atoms with E-state index in [0.717, 1.165) is 0 Å². The molecule has 11 heteroatoms. The highest BCUT2D eigenvalue weighted by Gasteiger charge is 2.57. The number of aromatic nitrogens is 4. The van der Waals surface area contributed by atoms with Gasteiger partial charge < -0.3 is 30.8 Å². The second-order valence-corrected chi connectivity index (χ2v) is 6.06. The maximum atomic E-state index is 10.8. The standard InChI is InChI=1S/C13H14ClN5O4S/c1-5(20)7-8(21)13(22,2-3-14)11(23-7)19-4-16-6-9(19)17-12(15)18-10(6)24/h4-5,7-8,11,20-22H,1H3,(H3,15,17,18,24)/t5-,7-,8+,11-,13?/m1/s1. The number of fused-ring (bicyclic) bond motifs is 1. The predicted molar refractivity (Wildman–Crippen MR) is 87.3 cm³/mol. The first-order valence-electron chi connectivity index (χ1n) is 6.88. The van der Waals surface area contributed by atoms with Crippen LogP contribution in [0, 0.1) is 15.9 Å². The number of hydrogen-bond donors (Lipinski definition) is 5. The van der Waals surface area contributed by atoms with Gasteiger partial charge in [-0.1, -0.05) is 12.2 Å². The van der Waals surface area contributed by atoms with Gasteiger partial charge in [-0.25, -0.2) is 4.98 Å². The summed E-state index contributed by atoms with van der Waals surface area (Å²) in [4.78, 5) is 10.9. The fraction of sp³-hybridized carbons (Fsp3) is 0.462. The van der Waals surface area contributed by atoms with Crippen LogP contribution >= 0.6 is 23.8 Å². The number of H-pyrrole nitrogens is 1. The van der Waals surface area contributed by atoms with Gasteiger partial charge in [0.05, 0.1) is 12.4 Å². The lowest BCUT2D eigenvalue weighted by Gasteiger charge is -2.26. The van der Waals surface area contributed by atoms with Gasteiger partial charge in [-0.05, 0) is 24.4 Å². The average molecular weight is 372 g/mol. The highest BCUT2D eigenvalue weighted by atomic mass is 35.5. The largest absolute Gasteiger partial charge is 0.391 e. The van der Waals surface area contributed by atoms with E-state index in [1.807, 2.05) is 5.38 Å². The number of nitrogens with one attached hydrogen (secondary N) is 1. The summed E-state index contributed by atoms with van der Waals surface area (Å²) in [6.07, 6.45) is -3.58. The van der Waals surface area contributed by atoms with Crippen LogP contribution in [0.25, 0.3) is 11.2 Å². The highest BCUT2D eigenvalue weighted by molar-refractivity contribution is 7.71. The molecule has 3 rings (SSSR count). The van der Waals surface area contributed by atoms with E-state index in [-0.39, 0.29) is 16.2 Å². The molecular formula is C13H14ClN5O4S. The monoisotopic (exact) mass is 371 g/mol. The third-order valence-corrected chi connectivity index (χ3v) is 4.24. The average Bonchev–Trinajstić information content (AvgIpc) is 3.00. The van der Waals surface area contributed by atoms with E-state index in [2.05, 4.69) is 20.9 Å². The van der Waals surface area contributed by atoms with Crippen molar-refractivity contribution in [2.75, 3.05) is 5.73 Å². The molecule has 0 saturated carbocycles. The van der Waals surface area contributed by atoms with Crippen LogP contribution in [-0.4, -0.2) is 58.8 Å². The number of halogens is 1. The number of aliphatic hydroxyl groups excluding tert-OH is 2. The van der Waals surface area contributed by atoms with Crippen molar-refractivity contribution < 1.29 is 20.1 Å². The maximum absolute atomic E-state index is 10.8. The van der Waals surface area contributed by atoms with Gasteiger partial charge in [-0.3, -0.25) is 4.57 Å². The molecule has 2 aromatic rings. The molecule has 1 saturated heterocycles. The molecule has 1 unspecified atom stereocenters. The van der Waals surface area contributed by atoms with Gasteiger partial charge in [0.25, 0.3) is 0 Å². The summed E-state index contributed by atoms with van der Waals surface area (Å²) in [7, 11) is 0. The number of anilines is 1. The Morgan fingerprint density at radius 1 is 1.62 bits per heavy atom. The highest BCUT2D eigenvalue weighted by Crippen LogP contribution is 2.40. The van der Waals surface area contributed by atoms with Crippen LogP contribution in [0.3, 0.4) is 0 Å². The van der Waals surface area contributed by atoms with Gasteiger partial charge in [0.15, 0.2) is 11.9 Å². The topological polar surface area (TPSA) is 142 Å². The normalized spacial score (nSPS) is 31.0. The molecule has 6 N–H and O–H groups in total. The first kappa shape index (κ1) is 17.1. The van der Waals surface area contributed by atoms with Crippen LogP contribution in [0.2, 0.25) is 0 Å². The Balaban J connectivity index is 2.20. The summed E-state index contributed by atoms with van der Waals surface area (Å²) >= 11 is 10.6. The molecule has 1 aliphatic rings. The van der Waals surface area contributed by atoms with E-state index < -0.39 is 30.1 Å². The summed E-state index contributed by atoms with van der Waals surface area (Å²) in [6, 6.07) is 0. The Labute approximate surface area is 146 Å². The lowest BCUT2D eigenvalue weighted by atomic mass is 9.93. The summed E-state index contributed by atoms with van der Waals surface area (Å²) < 4.78 is 7.22. The van der Waals surface area contributed by atoms with Crippen molar-refractivity contribution in [2.24, 2.45) is 0 Å². The number of imidazole rings is 1. The molecule has 1 aliphatic heterocycles. The summed E-state index contributed by atoms with van der Waals surface area (Å²) in [5, 5.41) is 33.0. The van der Waals surface area contributed by atoms with E-state index in [0.29, 0.717) is 5.52 Å². The van der Waals surface area contributed by atoms with Crippen LogP contribution < -0.4 is 5.73 Å². The predicted octanol–water partition coefficient (Wildman–Crippen LogP) is -0.359. The Hall–Kier alpha value is -1.74. The Morgan fingerprint density at radius 2 is 2.33 bits per heavy atom. The number of ether oxygens (including phenoxy) is 1. The van der Waals surface area contributed by atoms with Crippen LogP contribution in [0.15, 0.2) is 6.33 Å². The Kier molecular flexibility index (Phi) is 4.25. The molecule has 0 aliphatic carbocycles. The third kappa shape index (κ3) is 2.46. The van der Waals surface area contributed by atoms with E-state index in [1.54, 1.807) is 0 Å². The van der Waals surface area contributed by atoms with Crippen molar-refractivity contribution in [2.45, 2.75) is 37.1 Å². The number of nitrogen functional groups attached to an aromatic ring is 1. The van der Waals surface area contributed by atoms with Crippen molar-refractivity contribution in [3.63, 3.8) is 0 Å². The molecular weight excluding hydrogens is 358 g/mol. The van der Waals surface area contributed by atoms with Crippen LogP contribution in [-0.2, 0) is 4.74 Å². The summed E-state index contributed by atoms with van der Waals surface area (Å²) in [6.45, 7) is 1.42. The minimum absolute atomic E-state index is 0.0480. The second-order valence-electron chi connectivity index (χ2n) is 5.46. The number of rotatable bonds is 2. The first-order chi connectivity index (χ1) is 11.3. The first-order valence-corrected chi connectivity index (χ1v) is 7.67. The van der Waals surface area contributed by atoms with Crippen molar-refractivity contribution in [3.05, 3.63) is 11.0 Å². The van der Waals surface area contributed by atoms with Crippen molar-refractivity contribution >= 4 is 40.9 Å². The molecule has 0 aromatic carbocycles. The van der Waals surface area contributed by atoms with Crippen LogP contribution in [0.5, 0.6) is 0 Å². The third-order valence-electron chi connectivity index (χ3n) is 3.85. The molecule has 1 fully saturated rings. The molecule has 128 valence electrons. The molecule has 0 radical (unpaired) electrons.